The molecule has 2 aromatic heterocycles. The average molecular weight is 582 g/mol. The second-order valence-corrected chi connectivity index (χ2v) is 13.9. The molecule has 2 N–H and O–H groups in total. The molecule has 4 aromatic rings. The molecule has 3 atom stereocenters. The van der Waals surface area contributed by atoms with Crippen LogP contribution in [0.2, 0.25) is 0 Å². The Labute approximate surface area is 251 Å². The van der Waals surface area contributed by atoms with E-state index < -0.39 is 17.7 Å². The number of carbonyl (C=O) groups is 3. The number of hydrogen-bond acceptors (Lipinski definition) is 5. The number of nitrogens with two attached hydrogens (primary N) is 1. The predicted octanol–water partition coefficient (Wildman–Crippen LogP) is 7.09. The van der Waals surface area contributed by atoms with Crippen molar-refractivity contribution in [2.24, 2.45) is 23.0 Å². The van der Waals surface area contributed by atoms with Crippen LogP contribution in [0.5, 0.6) is 0 Å². The summed E-state index contributed by atoms with van der Waals surface area (Å²) in [6.07, 6.45) is 2.84. The highest BCUT2D eigenvalue weighted by Crippen LogP contribution is 2.57. The molecule has 0 radical (unpaired) electrons. The molecule has 2 unspecified atom stereocenters. The Morgan fingerprint density at radius 3 is 2.47 bits per heavy atom. The van der Waals surface area contributed by atoms with E-state index in [9.17, 15) is 14.4 Å². The standard InChI is InChI=1S/C35H39N3O5/c1-19-26-11-10-24(32(40)38-18-25-12-13-35(38,34(3,4)5)31(25)43-33(36)41)16-29(26)42-30(19)28-15-23-9-8-22(20(2)39)14-27(23)37(28)17-21-6-7-21/h8-11,14-16,21,25,31H,6-7,12-13,17-18H2,1-5H3,(H2,36,41)/t25?,31-,35?/m1/s1. The number of aromatic nitrogens is 1. The second-order valence-electron chi connectivity index (χ2n) is 13.9. The molecule has 7 rings (SSSR count). The fourth-order valence-electron chi connectivity index (χ4n) is 7.93. The fourth-order valence-corrected chi connectivity index (χ4v) is 7.93. The Morgan fingerprint density at radius 2 is 1.79 bits per heavy atom. The first-order chi connectivity index (χ1) is 20.4. The maximum atomic E-state index is 14.2. The number of nitrogens with zero attached hydrogens (tertiary/aromatic N) is 2. The number of Topliss-reactive ketones (excluding diaryl/α,β-unsaturated/α-hetero) is 1. The number of carbonyl (C=O) groups excluding carboxylic acids is 3. The first kappa shape index (κ1) is 27.7. The number of amides is 2. The number of piperidine rings is 1. The molecule has 0 spiro atoms. The zero-order valence-corrected chi connectivity index (χ0v) is 25.5. The summed E-state index contributed by atoms with van der Waals surface area (Å²) >= 11 is 0. The van der Waals surface area contributed by atoms with Crippen molar-refractivity contribution in [1.82, 2.24) is 9.47 Å². The predicted molar refractivity (Wildman–Crippen MR) is 165 cm³/mol. The van der Waals surface area contributed by atoms with E-state index in [2.05, 4.69) is 38.3 Å². The quantitative estimate of drug-likeness (QED) is 0.245. The van der Waals surface area contributed by atoms with Gasteiger partial charge in [-0.05, 0) is 75.1 Å². The Hall–Kier alpha value is -4.07. The lowest BCUT2D eigenvalue weighted by atomic mass is 9.70. The van der Waals surface area contributed by atoms with Crippen LogP contribution < -0.4 is 5.73 Å². The van der Waals surface area contributed by atoms with Crippen LogP contribution in [0.3, 0.4) is 0 Å². The highest BCUT2D eigenvalue weighted by atomic mass is 16.6. The van der Waals surface area contributed by atoms with E-state index in [1.54, 1.807) is 6.92 Å². The molecule has 8 nitrogen and oxygen atoms in total. The van der Waals surface area contributed by atoms with Crippen molar-refractivity contribution in [3.8, 4) is 11.5 Å². The third-order valence-corrected chi connectivity index (χ3v) is 10.3. The van der Waals surface area contributed by atoms with E-state index in [-0.39, 0.29) is 23.0 Å². The molecule has 3 heterocycles. The highest BCUT2D eigenvalue weighted by Gasteiger charge is 2.66. The summed E-state index contributed by atoms with van der Waals surface area (Å²) in [5.74, 6) is 1.42. The van der Waals surface area contributed by atoms with Gasteiger partial charge in [0.25, 0.3) is 5.91 Å². The molecule has 224 valence electrons. The minimum absolute atomic E-state index is 0.0479. The zero-order chi connectivity index (χ0) is 30.4. The van der Waals surface area contributed by atoms with Crippen molar-refractivity contribution in [2.75, 3.05) is 6.54 Å². The van der Waals surface area contributed by atoms with Crippen molar-refractivity contribution in [2.45, 2.75) is 78.5 Å². The molecule has 43 heavy (non-hydrogen) atoms. The van der Waals surface area contributed by atoms with Crippen LogP contribution >= 0.6 is 0 Å². The number of ether oxygens (including phenoxy) is 1. The molecule has 2 aromatic carbocycles. The summed E-state index contributed by atoms with van der Waals surface area (Å²) in [7, 11) is 0. The van der Waals surface area contributed by atoms with Crippen LogP contribution in [0, 0.1) is 24.2 Å². The Balaban J connectivity index is 1.29. The van der Waals surface area contributed by atoms with Gasteiger partial charge in [0, 0.05) is 52.0 Å². The van der Waals surface area contributed by atoms with E-state index in [0.29, 0.717) is 29.2 Å². The Kier molecular flexibility index (Phi) is 6.11. The smallest absolute Gasteiger partial charge is 0.404 e. The van der Waals surface area contributed by atoms with Crippen molar-refractivity contribution < 1.29 is 23.5 Å². The van der Waals surface area contributed by atoms with Gasteiger partial charge in [-0.15, -0.1) is 0 Å². The molecule has 2 saturated carbocycles. The van der Waals surface area contributed by atoms with Crippen LogP contribution in [-0.2, 0) is 11.3 Å². The SMILES string of the molecule is CC(=O)c1ccc2cc(-c3oc4cc(C(=O)N5CC6CCC5(C(C)(C)C)[C@@H]6OC(N)=O)ccc4c3C)n(CC3CC3)c2c1. The van der Waals surface area contributed by atoms with E-state index >= 15 is 0 Å². The van der Waals surface area contributed by atoms with Crippen molar-refractivity contribution in [1.29, 1.82) is 0 Å². The molecular formula is C35H39N3O5. The maximum absolute atomic E-state index is 14.2. The largest absolute Gasteiger partial charge is 0.454 e. The molecule has 2 aliphatic carbocycles. The van der Waals surface area contributed by atoms with Gasteiger partial charge < -0.3 is 24.4 Å². The Bertz CT molecular complexity index is 1820. The number of likely N-dealkylation sites (tertiary alicyclic amines) is 1. The van der Waals surface area contributed by atoms with Gasteiger partial charge in [0.05, 0.1) is 11.2 Å². The molecule has 1 saturated heterocycles. The number of furan rings is 1. The lowest BCUT2D eigenvalue weighted by molar-refractivity contribution is -0.0359. The van der Waals surface area contributed by atoms with Crippen LogP contribution in [-0.4, -0.2) is 45.4 Å². The van der Waals surface area contributed by atoms with Crippen LogP contribution in [0.4, 0.5) is 4.79 Å². The van der Waals surface area contributed by atoms with Gasteiger partial charge in [-0.3, -0.25) is 9.59 Å². The van der Waals surface area contributed by atoms with Crippen LogP contribution in [0.25, 0.3) is 33.3 Å². The number of benzene rings is 2. The van der Waals surface area contributed by atoms with Crippen LogP contribution in [0.15, 0.2) is 46.9 Å². The van der Waals surface area contributed by atoms with Crippen molar-refractivity contribution in [3.63, 3.8) is 0 Å². The van der Waals surface area contributed by atoms with Gasteiger partial charge in [0.2, 0.25) is 0 Å². The summed E-state index contributed by atoms with van der Waals surface area (Å²) in [5, 5.41) is 2.03. The summed E-state index contributed by atoms with van der Waals surface area (Å²) in [6.45, 7) is 11.4. The minimum Gasteiger partial charge on any atom is -0.454 e. The topological polar surface area (TPSA) is 108 Å². The van der Waals surface area contributed by atoms with Gasteiger partial charge in [0.15, 0.2) is 11.5 Å². The first-order valence-corrected chi connectivity index (χ1v) is 15.3. The molecule has 2 amide bonds. The normalized spacial score (nSPS) is 23.4. The summed E-state index contributed by atoms with van der Waals surface area (Å²) in [6, 6.07) is 13.7. The van der Waals surface area contributed by atoms with E-state index in [4.69, 9.17) is 14.9 Å². The fraction of sp³-hybridized carbons (Fsp3) is 0.457. The van der Waals surface area contributed by atoms with Crippen LogP contribution in [0.1, 0.15) is 79.7 Å². The number of rotatable bonds is 6. The maximum Gasteiger partial charge on any atom is 0.404 e. The average Bonchev–Trinajstić information content (AvgIpc) is 3.35. The van der Waals surface area contributed by atoms with Gasteiger partial charge in [-0.1, -0.05) is 39.0 Å². The van der Waals surface area contributed by atoms with Gasteiger partial charge in [-0.2, -0.15) is 0 Å². The number of hydrogen-bond donors (Lipinski definition) is 1. The number of fused-ring (bicyclic) bond motifs is 4. The highest BCUT2D eigenvalue weighted by molar-refractivity contribution is 6.01. The number of aryl methyl sites for hydroxylation is 1. The molecule has 8 heteroatoms. The van der Waals surface area contributed by atoms with E-state index in [1.165, 1.54) is 12.8 Å². The molecule has 1 aliphatic heterocycles. The van der Waals surface area contributed by atoms with Gasteiger partial charge >= 0.3 is 6.09 Å². The van der Waals surface area contributed by atoms with E-state index in [1.807, 2.05) is 41.3 Å². The van der Waals surface area contributed by atoms with Gasteiger partial charge in [0.1, 0.15) is 11.7 Å². The lowest BCUT2D eigenvalue weighted by Gasteiger charge is -2.49. The van der Waals surface area contributed by atoms with Crippen molar-refractivity contribution >= 4 is 39.7 Å². The lowest BCUT2D eigenvalue weighted by Crippen LogP contribution is -2.60. The molecular weight excluding hydrogens is 542 g/mol. The molecule has 2 bridgehead atoms. The van der Waals surface area contributed by atoms with Gasteiger partial charge in [-0.25, -0.2) is 4.79 Å². The summed E-state index contributed by atoms with van der Waals surface area (Å²) in [4.78, 5) is 40.1. The third-order valence-electron chi connectivity index (χ3n) is 10.3. The minimum atomic E-state index is -0.795. The zero-order valence-electron chi connectivity index (χ0n) is 25.5. The third kappa shape index (κ3) is 4.20. The molecule has 3 aliphatic rings. The summed E-state index contributed by atoms with van der Waals surface area (Å²) < 4.78 is 14.5. The van der Waals surface area contributed by atoms with Crippen molar-refractivity contribution in [3.05, 3.63) is 59.2 Å². The molecule has 3 fully saturated rings. The monoisotopic (exact) mass is 581 g/mol. The second kappa shape index (κ2) is 9.46. The Morgan fingerprint density at radius 1 is 1.05 bits per heavy atom. The number of ketones is 1. The summed E-state index contributed by atoms with van der Waals surface area (Å²) in [5.41, 5.74) is 9.46. The first-order valence-electron chi connectivity index (χ1n) is 15.3. The van der Waals surface area contributed by atoms with E-state index in [0.717, 1.165) is 52.7 Å². The number of primary amides is 1.